The van der Waals surface area contributed by atoms with Crippen LogP contribution in [-0.4, -0.2) is 60.0 Å². The van der Waals surface area contributed by atoms with E-state index in [1.165, 1.54) is 18.1 Å². The van der Waals surface area contributed by atoms with Gasteiger partial charge in [-0.05, 0) is 49.3 Å². The summed E-state index contributed by atoms with van der Waals surface area (Å²) in [7, 11) is -2.55. The van der Waals surface area contributed by atoms with Crippen LogP contribution < -0.4 is 0 Å². The second-order valence-corrected chi connectivity index (χ2v) is 10.3. The highest BCUT2D eigenvalue weighted by atomic mass is 32.2. The minimum atomic E-state index is -3.92. The fourth-order valence-corrected chi connectivity index (χ4v) is 6.10. The van der Waals surface area contributed by atoms with Gasteiger partial charge in [-0.3, -0.25) is 4.90 Å². The van der Waals surface area contributed by atoms with Crippen molar-refractivity contribution in [3.63, 3.8) is 0 Å². The molecule has 1 fully saturated rings. The van der Waals surface area contributed by atoms with Gasteiger partial charge in [-0.25, -0.2) is 13.2 Å². The summed E-state index contributed by atoms with van der Waals surface area (Å²) < 4.78 is 34.2. The van der Waals surface area contributed by atoms with Gasteiger partial charge in [-0.1, -0.05) is 25.1 Å². The van der Waals surface area contributed by atoms with Crippen LogP contribution in [0.4, 0.5) is 0 Å². The number of hydrogen-bond acceptors (Lipinski definition) is 7. The van der Waals surface area contributed by atoms with Gasteiger partial charge in [0.1, 0.15) is 0 Å². The van der Waals surface area contributed by atoms with Gasteiger partial charge >= 0.3 is 5.97 Å². The molecule has 0 radical (unpaired) electrons. The van der Waals surface area contributed by atoms with Gasteiger partial charge in [0.2, 0.25) is 5.72 Å². The zero-order valence-electron chi connectivity index (χ0n) is 18.1. The summed E-state index contributed by atoms with van der Waals surface area (Å²) in [6.45, 7) is 4.36. The molecule has 0 unspecified atom stereocenters. The highest BCUT2D eigenvalue weighted by Crippen LogP contribution is 2.60. The molecular weight excluding hydrogens is 420 g/mol. The highest BCUT2D eigenvalue weighted by molar-refractivity contribution is 7.84. The number of para-hydroxylation sites is 1. The van der Waals surface area contributed by atoms with E-state index in [1.54, 1.807) is 0 Å². The Hall–Kier alpha value is -1.94. The van der Waals surface area contributed by atoms with Crippen LogP contribution in [0, 0.1) is 5.41 Å². The summed E-state index contributed by atoms with van der Waals surface area (Å²) in [5, 5.41) is 12.9. The lowest BCUT2D eigenvalue weighted by Crippen LogP contribution is -2.60. The van der Waals surface area contributed by atoms with Gasteiger partial charge in [0.15, 0.2) is 0 Å². The molecule has 1 N–H and O–H groups in total. The fraction of sp³-hybridized carbons (Fsp3) is 0.591. The van der Waals surface area contributed by atoms with Crippen molar-refractivity contribution in [3.05, 3.63) is 35.5 Å². The van der Waals surface area contributed by atoms with Crippen LogP contribution >= 0.6 is 0 Å². The third kappa shape index (κ3) is 3.47. The number of benzene rings is 1. The Morgan fingerprint density at radius 3 is 2.65 bits per heavy atom. The SMILES string of the molecule is CC[C@]12CCCN3CCc4c(n(c5ccccc45)[C@@](O)(C(=O)OC)C1)[C@@H]32.CS(=O)(=O)[O-]. The number of ether oxygens (including phenoxy) is 1. The van der Waals surface area contributed by atoms with E-state index < -0.39 is 21.8 Å². The molecule has 3 atom stereocenters. The van der Waals surface area contributed by atoms with Crippen molar-refractivity contribution in [1.82, 2.24) is 9.47 Å². The number of aliphatic hydroxyl groups is 1. The first-order valence-corrected chi connectivity index (χ1v) is 12.5. The topological polar surface area (TPSA) is 112 Å². The molecule has 1 saturated heterocycles. The van der Waals surface area contributed by atoms with E-state index in [0.29, 0.717) is 12.7 Å². The number of carbonyl (C=O) groups is 1. The molecular formula is C22H29N2O6S-. The van der Waals surface area contributed by atoms with E-state index >= 15 is 0 Å². The van der Waals surface area contributed by atoms with Crippen molar-refractivity contribution in [3.8, 4) is 0 Å². The Kier molecular flexibility index (Phi) is 5.44. The second-order valence-electron chi connectivity index (χ2n) is 8.91. The van der Waals surface area contributed by atoms with Crippen molar-refractivity contribution in [2.45, 2.75) is 50.8 Å². The summed E-state index contributed by atoms with van der Waals surface area (Å²) in [5.74, 6) is -0.546. The molecule has 4 heterocycles. The summed E-state index contributed by atoms with van der Waals surface area (Å²) >= 11 is 0. The predicted molar refractivity (Wildman–Crippen MR) is 114 cm³/mol. The molecule has 0 bridgehead atoms. The Bertz CT molecular complexity index is 1120. The molecule has 5 rings (SSSR count). The Labute approximate surface area is 182 Å². The molecule has 3 aliphatic heterocycles. The molecule has 0 saturated carbocycles. The van der Waals surface area contributed by atoms with Crippen LogP contribution in [0.3, 0.4) is 0 Å². The number of hydrogen-bond donors (Lipinski definition) is 1. The van der Waals surface area contributed by atoms with E-state index in [-0.39, 0.29) is 11.5 Å². The summed E-state index contributed by atoms with van der Waals surface area (Å²) in [6.07, 6.45) is 5.12. The number of fused-ring (bicyclic) bond motifs is 3. The number of esters is 1. The Balaban J connectivity index is 0.000000418. The zero-order valence-corrected chi connectivity index (χ0v) is 18.9. The van der Waals surface area contributed by atoms with E-state index in [0.717, 1.165) is 50.0 Å². The average molecular weight is 450 g/mol. The van der Waals surface area contributed by atoms with Crippen LogP contribution in [0.25, 0.3) is 10.9 Å². The predicted octanol–water partition coefficient (Wildman–Crippen LogP) is 2.11. The van der Waals surface area contributed by atoms with E-state index in [4.69, 9.17) is 17.7 Å². The highest BCUT2D eigenvalue weighted by Gasteiger charge is 2.60. The van der Waals surface area contributed by atoms with Crippen LogP contribution in [-0.2, 0) is 31.8 Å². The van der Waals surface area contributed by atoms with E-state index in [9.17, 15) is 9.90 Å². The number of nitrogens with zero attached hydrogens (tertiary/aromatic N) is 2. The van der Waals surface area contributed by atoms with Gasteiger partial charge in [0, 0.05) is 30.3 Å². The number of piperidine rings is 1. The second kappa shape index (κ2) is 7.58. The molecule has 0 spiro atoms. The Morgan fingerprint density at radius 1 is 1.32 bits per heavy atom. The molecule has 2 aromatic rings. The number of rotatable bonds is 2. The molecule has 31 heavy (non-hydrogen) atoms. The number of carbonyl (C=O) groups excluding carboxylic acids is 1. The van der Waals surface area contributed by atoms with Gasteiger partial charge in [-0.2, -0.15) is 0 Å². The van der Waals surface area contributed by atoms with Crippen LogP contribution in [0.15, 0.2) is 24.3 Å². The minimum Gasteiger partial charge on any atom is -0.748 e. The third-order valence-corrected chi connectivity index (χ3v) is 7.18. The van der Waals surface area contributed by atoms with Crippen molar-refractivity contribution >= 4 is 27.0 Å². The molecule has 1 aromatic heterocycles. The lowest BCUT2D eigenvalue weighted by atomic mass is 9.62. The molecule has 1 aromatic carbocycles. The molecule has 3 aliphatic rings. The van der Waals surface area contributed by atoms with E-state index in [1.807, 2.05) is 22.8 Å². The van der Waals surface area contributed by atoms with E-state index in [2.05, 4.69) is 17.9 Å². The van der Waals surface area contributed by atoms with Gasteiger partial charge in [-0.15, -0.1) is 0 Å². The monoisotopic (exact) mass is 449 g/mol. The maximum atomic E-state index is 12.8. The largest absolute Gasteiger partial charge is 0.748 e. The minimum absolute atomic E-state index is 0.0826. The standard InChI is InChI=1S/C21H26N2O3.CH4O3S/c1-3-20-10-6-11-22-12-9-15-14-7-4-5-8-16(14)23(17(15)18(20)22)21(25,13-20)19(24)26-2;1-5(2,3)4/h4-5,7-8,18,25H,3,6,9-13H2,1-2H3;1H3,(H,2,3,4)/p-1/t18-,20+,21+;/m1./s1. The first kappa shape index (κ1) is 22.3. The maximum absolute atomic E-state index is 12.8. The smallest absolute Gasteiger partial charge is 0.359 e. The molecule has 9 heteroatoms. The molecule has 170 valence electrons. The normalized spacial score (nSPS) is 29.6. The first-order valence-electron chi connectivity index (χ1n) is 10.6. The lowest BCUT2D eigenvalue weighted by Gasteiger charge is -2.57. The maximum Gasteiger partial charge on any atom is 0.359 e. The summed E-state index contributed by atoms with van der Waals surface area (Å²) in [5.41, 5.74) is 1.69. The lowest BCUT2D eigenvalue weighted by molar-refractivity contribution is -0.194. The average Bonchev–Trinajstić information content (AvgIpc) is 3.07. The number of methoxy groups -OCH3 is 1. The van der Waals surface area contributed by atoms with Crippen molar-refractivity contribution < 1.29 is 27.6 Å². The Morgan fingerprint density at radius 2 is 2.00 bits per heavy atom. The van der Waals surface area contributed by atoms with Crippen molar-refractivity contribution in [2.24, 2.45) is 5.41 Å². The first-order chi connectivity index (χ1) is 14.6. The van der Waals surface area contributed by atoms with Gasteiger partial charge < -0.3 is 19.0 Å². The molecule has 8 nitrogen and oxygen atoms in total. The van der Waals surface area contributed by atoms with Crippen molar-refractivity contribution in [2.75, 3.05) is 26.5 Å². The zero-order chi connectivity index (χ0) is 22.6. The van der Waals surface area contributed by atoms with Crippen LogP contribution in [0.5, 0.6) is 0 Å². The molecule has 0 amide bonds. The summed E-state index contributed by atoms with van der Waals surface area (Å²) in [4.78, 5) is 15.4. The van der Waals surface area contributed by atoms with Crippen molar-refractivity contribution in [1.29, 1.82) is 0 Å². The van der Waals surface area contributed by atoms with Gasteiger partial charge in [0.25, 0.3) is 0 Å². The summed E-state index contributed by atoms with van der Waals surface area (Å²) in [6, 6.07) is 8.45. The number of aromatic nitrogens is 1. The third-order valence-electron chi connectivity index (χ3n) is 7.18. The van der Waals surface area contributed by atoms with Gasteiger partial charge in [0.05, 0.1) is 28.8 Å². The molecule has 0 aliphatic carbocycles. The fourth-order valence-electron chi connectivity index (χ4n) is 6.10. The quantitative estimate of drug-likeness (QED) is 0.552. The van der Waals surface area contributed by atoms with Crippen LogP contribution in [0.2, 0.25) is 0 Å². The van der Waals surface area contributed by atoms with Crippen LogP contribution in [0.1, 0.15) is 49.9 Å².